The first kappa shape index (κ1) is 11.7. The van der Waals surface area contributed by atoms with Gasteiger partial charge in [-0.15, -0.1) is 0 Å². The predicted molar refractivity (Wildman–Crippen MR) is 67.7 cm³/mol. The van der Waals surface area contributed by atoms with E-state index in [1.165, 1.54) is 18.4 Å². The number of rotatable bonds is 1. The Hall–Kier alpha value is -0.340. The van der Waals surface area contributed by atoms with Gasteiger partial charge in [-0.05, 0) is 57.3 Å². The van der Waals surface area contributed by atoms with E-state index in [0.29, 0.717) is 5.92 Å². The normalized spacial score (nSPS) is 56.9. The third-order valence-electron chi connectivity index (χ3n) is 6.00. The number of epoxide rings is 1. The summed E-state index contributed by atoms with van der Waals surface area (Å²) < 4.78 is 6.16. The van der Waals surface area contributed by atoms with Crippen LogP contribution < -0.4 is 0 Å². The van der Waals surface area contributed by atoms with Gasteiger partial charge < -0.3 is 9.84 Å². The Labute approximate surface area is 104 Å². The molecule has 1 aliphatic heterocycles. The van der Waals surface area contributed by atoms with E-state index in [2.05, 4.69) is 27.4 Å². The molecular formula is C15H24O2. The lowest BCUT2D eigenvalue weighted by Crippen LogP contribution is -2.53. The van der Waals surface area contributed by atoms with Crippen molar-refractivity contribution in [3.63, 3.8) is 0 Å². The summed E-state index contributed by atoms with van der Waals surface area (Å²) in [5.41, 5.74) is 1.19. The molecular weight excluding hydrogens is 212 g/mol. The van der Waals surface area contributed by atoms with E-state index in [9.17, 15) is 5.11 Å². The van der Waals surface area contributed by atoms with Crippen LogP contribution >= 0.6 is 0 Å². The van der Waals surface area contributed by atoms with Gasteiger partial charge in [-0.1, -0.05) is 19.1 Å². The third-order valence-corrected chi connectivity index (χ3v) is 6.00. The number of ether oxygens (including phenoxy) is 1. The lowest BCUT2D eigenvalue weighted by molar-refractivity contribution is 0.00115. The molecule has 0 aromatic heterocycles. The van der Waals surface area contributed by atoms with Crippen LogP contribution in [0.15, 0.2) is 12.2 Å². The maximum atomic E-state index is 10.2. The van der Waals surface area contributed by atoms with E-state index in [0.717, 1.165) is 19.3 Å². The molecule has 0 aromatic rings. The van der Waals surface area contributed by atoms with Crippen molar-refractivity contribution in [1.82, 2.24) is 0 Å². The summed E-state index contributed by atoms with van der Waals surface area (Å²) in [6.45, 7) is 10.7. The minimum atomic E-state index is -0.284. The first-order chi connectivity index (χ1) is 7.85. The van der Waals surface area contributed by atoms with Crippen LogP contribution in [-0.4, -0.2) is 22.4 Å². The highest BCUT2D eigenvalue weighted by atomic mass is 16.6. The van der Waals surface area contributed by atoms with Gasteiger partial charge in [0.25, 0.3) is 0 Å². The van der Waals surface area contributed by atoms with E-state index >= 15 is 0 Å². The molecule has 0 aromatic carbocycles. The second kappa shape index (κ2) is 3.16. The lowest BCUT2D eigenvalue weighted by atomic mass is 9.54. The summed E-state index contributed by atoms with van der Waals surface area (Å²) in [6, 6.07) is 0. The summed E-state index contributed by atoms with van der Waals surface area (Å²) in [7, 11) is 0. The number of hydrogen-bond donors (Lipinski definition) is 1. The Kier molecular flexibility index (Phi) is 2.18. The van der Waals surface area contributed by atoms with Gasteiger partial charge >= 0.3 is 0 Å². The number of aliphatic hydroxyl groups excluding tert-OH is 1. The average molecular weight is 236 g/mol. The second-order valence-corrected chi connectivity index (χ2v) is 6.94. The van der Waals surface area contributed by atoms with Gasteiger partial charge in [0.15, 0.2) is 0 Å². The molecule has 1 N–H and O–H groups in total. The van der Waals surface area contributed by atoms with Gasteiger partial charge in [-0.3, -0.25) is 0 Å². The van der Waals surface area contributed by atoms with Crippen LogP contribution in [0.5, 0.6) is 0 Å². The van der Waals surface area contributed by atoms with E-state index in [-0.39, 0.29) is 22.7 Å². The molecule has 3 aliphatic rings. The predicted octanol–water partition coefficient (Wildman–Crippen LogP) is 3.05. The zero-order valence-electron chi connectivity index (χ0n) is 11.3. The standard InChI is InChI=1S/C15H24O2/c1-10(2)11-5-7-13(3)8-6-12(16)14(4)15(13,9-11)17-14/h11-12,16H,1,5-9H2,2-4H3/t11-,12+,13+,14+,15-/m1/s1. The Balaban J connectivity index is 1.94. The van der Waals surface area contributed by atoms with Crippen molar-refractivity contribution in [2.45, 2.75) is 70.2 Å². The topological polar surface area (TPSA) is 32.8 Å². The van der Waals surface area contributed by atoms with Gasteiger partial charge in [0.2, 0.25) is 0 Å². The molecule has 0 unspecified atom stereocenters. The van der Waals surface area contributed by atoms with Crippen LogP contribution in [0.25, 0.3) is 0 Å². The van der Waals surface area contributed by atoms with Crippen LogP contribution in [0.4, 0.5) is 0 Å². The van der Waals surface area contributed by atoms with Crippen LogP contribution in [0.1, 0.15) is 52.9 Å². The number of aliphatic hydroxyl groups is 1. The molecule has 1 spiro atoms. The highest BCUT2D eigenvalue weighted by Gasteiger charge is 2.79. The molecule has 96 valence electrons. The van der Waals surface area contributed by atoms with Crippen LogP contribution in [0.3, 0.4) is 0 Å². The molecule has 2 aliphatic carbocycles. The first-order valence-electron chi connectivity index (χ1n) is 6.88. The summed E-state index contributed by atoms with van der Waals surface area (Å²) >= 11 is 0. The molecule has 2 nitrogen and oxygen atoms in total. The van der Waals surface area contributed by atoms with Crippen molar-refractivity contribution < 1.29 is 9.84 Å². The second-order valence-electron chi connectivity index (χ2n) is 6.94. The fourth-order valence-corrected chi connectivity index (χ4v) is 4.51. The average Bonchev–Trinajstić information content (AvgIpc) is 2.88. The number of hydrogen-bond acceptors (Lipinski definition) is 2. The van der Waals surface area contributed by atoms with Crippen molar-refractivity contribution in [3.05, 3.63) is 12.2 Å². The maximum Gasteiger partial charge on any atom is 0.121 e. The molecule has 0 radical (unpaired) electrons. The molecule has 2 saturated carbocycles. The minimum absolute atomic E-state index is 0.0699. The van der Waals surface area contributed by atoms with Gasteiger partial charge in [-0.2, -0.15) is 0 Å². The summed E-state index contributed by atoms with van der Waals surface area (Å²) in [4.78, 5) is 0. The lowest BCUT2D eigenvalue weighted by Gasteiger charge is -2.48. The highest BCUT2D eigenvalue weighted by molar-refractivity contribution is 5.29. The molecule has 3 rings (SSSR count). The molecule has 5 atom stereocenters. The Morgan fingerprint density at radius 1 is 1.29 bits per heavy atom. The van der Waals surface area contributed by atoms with Crippen molar-refractivity contribution in [2.75, 3.05) is 0 Å². The van der Waals surface area contributed by atoms with Crippen LogP contribution in [0, 0.1) is 11.3 Å². The molecule has 17 heavy (non-hydrogen) atoms. The van der Waals surface area contributed by atoms with Crippen molar-refractivity contribution >= 4 is 0 Å². The largest absolute Gasteiger partial charge is 0.390 e. The molecule has 0 amide bonds. The molecule has 2 heteroatoms. The zero-order valence-corrected chi connectivity index (χ0v) is 11.3. The Morgan fingerprint density at radius 2 is 1.94 bits per heavy atom. The van der Waals surface area contributed by atoms with Crippen molar-refractivity contribution in [3.8, 4) is 0 Å². The van der Waals surface area contributed by atoms with Crippen molar-refractivity contribution in [1.29, 1.82) is 0 Å². The van der Waals surface area contributed by atoms with Gasteiger partial charge in [0.05, 0.1) is 6.10 Å². The van der Waals surface area contributed by atoms with Gasteiger partial charge in [0, 0.05) is 0 Å². The summed E-state index contributed by atoms with van der Waals surface area (Å²) in [6.07, 6.45) is 5.24. The number of allylic oxidation sites excluding steroid dienone is 1. The fraction of sp³-hybridized carbons (Fsp3) is 0.867. The quantitative estimate of drug-likeness (QED) is 0.560. The van der Waals surface area contributed by atoms with E-state index in [1.807, 2.05) is 0 Å². The molecule has 1 heterocycles. The van der Waals surface area contributed by atoms with Crippen LogP contribution in [0.2, 0.25) is 0 Å². The van der Waals surface area contributed by atoms with Gasteiger partial charge in [-0.25, -0.2) is 0 Å². The maximum absolute atomic E-state index is 10.2. The molecule has 0 bridgehead atoms. The van der Waals surface area contributed by atoms with Gasteiger partial charge in [0.1, 0.15) is 11.2 Å². The zero-order chi connectivity index (χ0) is 12.5. The Morgan fingerprint density at radius 3 is 2.59 bits per heavy atom. The third kappa shape index (κ3) is 1.23. The first-order valence-corrected chi connectivity index (χ1v) is 6.88. The smallest absolute Gasteiger partial charge is 0.121 e. The Bertz CT molecular complexity index is 377. The highest BCUT2D eigenvalue weighted by Crippen LogP contribution is 2.71. The minimum Gasteiger partial charge on any atom is -0.390 e. The molecule has 1 saturated heterocycles. The molecule has 3 fully saturated rings. The summed E-state index contributed by atoms with van der Waals surface area (Å²) in [5, 5.41) is 10.2. The van der Waals surface area contributed by atoms with E-state index < -0.39 is 0 Å². The van der Waals surface area contributed by atoms with E-state index in [4.69, 9.17) is 4.74 Å². The SMILES string of the molecule is C=C(C)[C@@H]1CC[C@@]2(C)CC[C@H](O)[C@]3(C)O[C@]23C1. The fourth-order valence-electron chi connectivity index (χ4n) is 4.51. The van der Waals surface area contributed by atoms with Crippen LogP contribution in [-0.2, 0) is 4.74 Å². The summed E-state index contributed by atoms with van der Waals surface area (Å²) in [5.74, 6) is 0.579. The monoisotopic (exact) mass is 236 g/mol. The van der Waals surface area contributed by atoms with Crippen molar-refractivity contribution in [2.24, 2.45) is 11.3 Å². The van der Waals surface area contributed by atoms with E-state index in [1.54, 1.807) is 0 Å².